The Morgan fingerprint density at radius 2 is 2.10 bits per heavy atom. The smallest absolute Gasteiger partial charge is 0.220 e. The third kappa shape index (κ3) is 5.28. The maximum Gasteiger partial charge on any atom is 0.220 e. The summed E-state index contributed by atoms with van der Waals surface area (Å²) >= 11 is 1.68. The molecule has 5 heteroatoms. The van der Waals surface area contributed by atoms with Crippen molar-refractivity contribution in [3.63, 3.8) is 0 Å². The zero-order chi connectivity index (χ0) is 14.9. The third-order valence-electron chi connectivity index (χ3n) is 2.97. The molecule has 1 atom stereocenters. The van der Waals surface area contributed by atoms with Crippen molar-refractivity contribution < 1.29 is 13.9 Å². The average Bonchev–Trinajstić information content (AvgIpc) is 3.03. The molecule has 1 N–H and O–H groups in total. The van der Waals surface area contributed by atoms with E-state index in [1.54, 1.807) is 31.2 Å². The second-order valence-corrected chi connectivity index (χ2v) is 5.62. The van der Waals surface area contributed by atoms with E-state index >= 15 is 0 Å². The van der Waals surface area contributed by atoms with E-state index < -0.39 is 0 Å². The van der Waals surface area contributed by atoms with Crippen molar-refractivity contribution in [2.24, 2.45) is 0 Å². The lowest BCUT2D eigenvalue weighted by atomic mass is 10.2. The number of amides is 1. The molecular weight excluding hydrogens is 286 g/mol. The van der Waals surface area contributed by atoms with Gasteiger partial charge in [-0.3, -0.25) is 4.79 Å². The van der Waals surface area contributed by atoms with E-state index in [9.17, 15) is 4.79 Å². The van der Waals surface area contributed by atoms with Crippen LogP contribution in [0.15, 0.2) is 58.0 Å². The average molecular weight is 305 g/mol. The predicted octanol–water partition coefficient (Wildman–Crippen LogP) is 3.27. The van der Waals surface area contributed by atoms with Crippen molar-refractivity contribution >= 4 is 17.7 Å². The lowest BCUT2D eigenvalue weighted by molar-refractivity contribution is -0.121. The Morgan fingerprint density at radius 1 is 1.29 bits per heavy atom. The van der Waals surface area contributed by atoms with Gasteiger partial charge in [0.2, 0.25) is 5.91 Å². The summed E-state index contributed by atoms with van der Waals surface area (Å²) in [5.41, 5.74) is 0. The number of ether oxygens (including phenoxy) is 1. The molecule has 0 bridgehead atoms. The topological polar surface area (TPSA) is 51.5 Å². The molecule has 0 saturated heterocycles. The first-order valence-electron chi connectivity index (χ1n) is 6.80. The quantitative estimate of drug-likeness (QED) is 0.761. The molecule has 4 nitrogen and oxygen atoms in total. The van der Waals surface area contributed by atoms with E-state index in [0.717, 1.165) is 11.5 Å². The predicted molar refractivity (Wildman–Crippen MR) is 83.3 cm³/mol. The molecule has 0 saturated carbocycles. The molecule has 112 valence electrons. The number of thioether (sulfide) groups is 1. The second-order valence-electron chi connectivity index (χ2n) is 4.46. The highest BCUT2D eigenvalue weighted by Crippen LogP contribution is 2.18. The van der Waals surface area contributed by atoms with Gasteiger partial charge in [0.05, 0.1) is 12.8 Å². The van der Waals surface area contributed by atoms with Crippen LogP contribution < -0.4 is 5.32 Å². The lowest BCUT2D eigenvalue weighted by Crippen LogP contribution is -2.29. The van der Waals surface area contributed by atoms with Crippen molar-refractivity contribution in [2.45, 2.75) is 17.4 Å². The third-order valence-corrected chi connectivity index (χ3v) is 3.98. The fourth-order valence-electron chi connectivity index (χ4n) is 1.85. The Bertz CT molecular complexity index is 528. The minimum Gasteiger partial charge on any atom is -0.467 e. The van der Waals surface area contributed by atoms with Crippen LogP contribution >= 0.6 is 11.8 Å². The van der Waals surface area contributed by atoms with Crippen molar-refractivity contribution in [3.8, 4) is 0 Å². The summed E-state index contributed by atoms with van der Waals surface area (Å²) in [7, 11) is 1.60. The first-order valence-corrected chi connectivity index (χ1v) is 7.79. The standard InChI is InChI=1S/C16H19NO3S/c1-19-15(14-8-5-10-20-14)12-17-16(18)9-11-21-13-6-3-2-4-7-13/h2-8,10,15H,9,11-12H2,1H3,(H,17,18). The van der Waals surface area contributed by atoms with Crippen LogP contribution in [0.3, 0.4) is 0 Å². The van der Waals surface area contributed by atoms with E-state index in [0.29, 0.717) is 13.0 Å². The van der Waals surface area contributed by atoms with E-state index in [-0.39, 0.29) is 12.0 Å². The van der Waals surface area contributed by atoms with Gasteiger partial charge in [0.15, 0.2) is 0 Å². The Morgan fingerprint density at radius 3 is 2.76 bits per heavy atom. The molecule has 1 aromatic carbocycles. The van der Waals surface area contributed by atoms with E-state index in [4.69, 9.17) is 9.15 Å². The molecule has 0 aliphatic rings. The summed E-state index contributed by atoms with van der Waals surface area (Å²) in [5, 5.41) is 2.87. The molecule has 21 heavy (non-hydrogen) atoms. The normalized spacial score (nSPS) is 12.0. The van der Waals surface area contributed by atoms with E-state index in [2.05, 4.69) is 5.32 Å². The maximum absolute atomic E-state index is 11.8. The Balaban J connectivity index is 1.67. The van der Waals surface area contributed by atoms with Gasteiger partial charge in [-0.05, 0) is 24.3 Å². The number of furan rings is 1. The van der Waals surface area contributed by atoms with Gasteiger partial charge in [0.25, 0.3) is 0 Å². The fourth-order valence-corrected chi connectivity index (χ4v) is 2.72. The summed E-state index contributed by atoms with van der Waals surface area (Å²) in [6.07, 6.45) is 1.83. The first-order chi connectivity index (χ1) is 10.3. The van der Waals surface area contributed by atoms with Crippen molar-refractivity contribution in [1.29, 1.82) is 0 Å². The van der Waals surface area contributed by atoms with Crippen LogP contribution in [0.2, 0.25) is 0 Å². The highest BCUT2D eigenvalue weighted by molar-refractivity contribution is 7.99. The fraction of sp³-hybridized carbons (Fsp3) is 0.312. The van der Waals surface area contributed by atoms with Crippen LogP contribution in [0, 0.1) is 0 Å². The van der Waals surface area contributed by atoms with E-state index in [1.165, 1.54) is 4.90 Å². The lowest BCUT2D eigenvalue weighted by Gasteiger charge is -2.13. The monoisotopic (exact) mass is 305 g/mol. The molecule has 1 unspecified atom stereocenters. The number of methoxy groups -OCH3 is 1. The largest absolute Gasteiger partial charge is 0.467 e. The molecule has 0 spiro atoms. The Hall–Kier alpha value is -1.72. The highest BCUT2D eigenvalue weighted by Gasteiger charge is 2.14. The van der Waals surface area contributed by atoms with Crippen molar-refractivity contribution in [2.75, 3.05) is 19.4 Å². The Kier molecular flexibility index (Phi) is 6.37. The summed E-state index contributed by atoms with van der Waals surface area (Å²) in [6.45, 7) is 0.416. The molecule has 0 aliphatic heterocycles. The van der Waals surface area contributed by atoms with Crippen molar-refractivity contribution in [1.82, 2.24) is 5.32 Å². The molecular formula is C16H19NO3S. The zero-order valence-corrected chi connectivity index (χ0v) is 12.8. The van der Waals surface area contributed by atoms with Gasteiger partial charge in [-0.25, -0.2) is 0 Å². The van der Waals surface area contributed by atoms with Gasteiger partial charge >= 0.3 is 0 Å². The van der Waals surface area contributed by atoms with Crippen LogP contribution in [-0.2, 0) is 9.53 Å². The van der Waals surface area contributed by atoms with Crippen LogP contribution in [0.5, 0.6) is 0 Å². The second kappa shape index (κ2) is 8.54. The molecule has 1 aromatic heterocycles. The van der Waals surface area contributed by atoms with Crippen LogP contribution in [0.1, 0.15) is 18.3 Å². The number of nitrogens with one attached hydrogen (secondary N) is 1. The minimum atomic E-state index is -0.245. The summed E-state index contributed by atoms with van der Waals surface area (Å²) in [6, 6.07) is 13.7. The van der Waals surface area contributed by atoms with Crippen LogP contribution in [-0.4, -0.2) is 25.3 Å². The highest BCUT2D eigenvalue weighted by atomic mass is 32.2. The van der Waals surface area contributed by atoms with Gasteiger partial charge in [-0.1, -0.05) is 18.2 Å². The van der Waals surface area contributed by atoms with Crippen LogP contribution in [0.4, 0.5) is 0 Å². The molecule has 2 rings (SSSR count). The number of carbonyl (C=O) groups is 1. The van der Waals surface area contributed by atoms with Gasteiger partial charge in [0.1, 0.15) is 11.9 Å². The van der Waals surface area contributed by atoms with E-state index in [1.807, 2.05) is 36.4 Å². The van der Waals surface area contributed by atoms with Gasteiger partial charge in [-0.15, -0.1) is 11.8 Å². The van der Waals surface area contributed by atoms with Gasteiger partial charge in [0, 0.05) is 24.2 Å². The van der Waals surface area contributed by atoms with Crippen LogP contribution in [0.25, 0.3) is 0 Å². The number of benzene rings is 1. The number of carbonyl (C=O) groups excluding carboxylic acids is 1. The van der Waals surface area contributed by atoms with Gasteiger partial charge in [-0.2, -0.15) is 0 Å². The molecule has 0 aliphatic carbocycles. The minimum absolute atomic E-state index is 0.0204. The number of hydrogen-bond acceptors (Lipinski definition) is 4. The van der Waals surface area contributed by atoms with Gasteiger partial charge < -0.3 is 14.5 Å². The molecule has 2 aromatic rings. The first kappa shape index (κ1) is 15.7. The zero-order valence-electron chi connectivity index (χ0n) is 12.0. The summed E-state index contributed by atoms with van der Waals surface area (Å²) in [4.78, 5) is 13.0. The summed E-state index contributed by atoms with van der Waals surface area (Å²) < 4.78 is 10.6. The number of rotatable bonds is 8. The molecule has 1 amide bonds. The molecule has 0 radical (unpaired) electrons. The molecule has 1 heterocycles. The maximum atomic E-state index is 11.8. The SMILES string of the molecule is COC(CNC(=O)CCSc1ccccc1)c1ccco1. The van der Waals surface area contributed by atoms with Crippen molar-refractivity contribution in [3.05, 3.63) is 54.5 Å². The molecule has 0 fully saturated rings. The summed E-state index contributed by atoms with van der Waals surface area (Å²) in [5.74, 6) is 1.50. The number of hydrogen-bond donors (Lipinski definition) is 1. The Labute approximate surface area is 128 Å².